The van der Waals surface area contributed by atoms with Crippen molar-refractivity contribution in [3.05, 3.63) is 29.8 Å². The molecule has 5 nitrogen and oxygen atoms in total. The second-order valence-electron chi connectivity index (χ2n) is 4.93. The normalized spacial score (nSPS) is 20.2. The zero-order chi connectivity index (χ0) is 14.4. The van der Waals surface area contributed by atoms with Crippen LogP contribution in [0.15, 0.2) is 24.3 Å². The quantitative estimate of drug-likeness (QED) is 0.851. The van der Waals surface area contributed by atoms with E-state index in [1.807, 2.05) is 31.2 Å². The second-order valence-corrected chi connectivity index (χ2v) is 4.93. The molecule has 1 saturated heterocycles. The van der Waals surface area contributed by atoms with Crippen molar-refractivity contribution in [1.82, 2.24) is 10.6 Å². The van der Waals surface area contributed by atoms with Gasteiger partial charge in [-0.2, -0.15) is 0 Å². The van der Waals surface area contributed by atoms with Gasteiger partial charge in [-0.05, 0) is 13.0 Å². The lowest BCUT2D eigenvalue weighted by atomic mass is 10.1. The van der Waals surface area contributed by atoms with E-state index in [0.717, 1.165) is 24.4 Å². The number of hydrogen-bond acceptors (Lipinski definition) is 4. The number of carbonyl (C=O) groups excluding carboxylic acids is 1. The van der Waals surface area contributed by atoms with Crippen LogP contribution < -0.4 is 15.4 Å². The average Bonchev–Trinajstić information content (AvgIpc) is 2.48. The Balaban J connectivity index is 1.89. The molecule has 1 unspecified atom stereocenters. The first-order chi connectivity index (χ1) is 9.70. The minimum atomic E-state index is -0.0878. The van der Waals surface area contributed by atoms with Gasteiger partial charge in [0.2, 0.25) is 5.91 Å². The Morgan fingerprint density at radius 2 is 2.35 bits per heavy atom. The maximum Gasteiger partial charge on any atom is 0.223 e. The lowest BCUT2D eigenvalue weighted by molar-refractivity contribution is -0.125. The number of amides is 1. The van der Waals surface area contributed by atoms with Crippen LogP contribution in [0.25, 0.3) is 0 Å². The van der Waals surface area contributed by atoms with Crippen LogP contribution in [0.3, 0.4) is 0 Å². The van der Waals surface area contributed by atoms with E-state index in [4.69, 9.17) is 9.47 Å². The van der Waals surface area contributed by atoms with Crippen molar-refractivity contribution >= 4 is 5.91 Å². The summed E-state index contributed by atoms with van der Waals surface area (Å²) in [6.07, 6.45) is 0.348. The third-order valence-electron chi connectivity index (χ3n) is 3.40. The SMILES string of the molecule is COc1ccccc1[C@H](C)NC(=O)CC1CNCCO1. The summed E-state index contributed by atoms with van der Waals surface area (Å²) in [6, 6.07) is 7.62. The standard InChI is InChI=1S/C15H22N2O3/c1-11(13-5-3-4-6-14(13)19-2)17-15(18)9-12-10-16-7-8-20-12/h3-6,11-12,16H,7-10H2,1-2H3,(H,17,18)/t11-,12?/m0/s1. The number of para-hydroxylation sites is 1. The van der Waals surface area contributed by atoms with Crippen LogP contribution in [0.4, 0.5) is 0 Å². The van der Waals surface area contributed by atoms with Crippen molar-refractivity contribution < 1.29 is 14.3 Å². The number of carbonyl (C=O) groups is 1. The van der Waals surface area contributed by atoms with Crippen LogP contribution >= 0.6 is 0 Å². The molecule has 110 valence electrons. The van der Waals surface area contributed by atoms with Crippen LogP contribution in [0, 0.1) is 0 Å². The van der Waals surface area contributed by atoms with Gasteiger partial charge < -0.3 is 20.1 Å². The number of rotatable bonds is 5. The third-order valence-corrected chi connectivity index (χ3v) is 3.40. The molecule has 0 aromatic heterocycles. The number of methoxy groups -OCH3 is 1. The van der Waals surface area contributed by atoms with E-state index >= 15 is 0 Å². The van der Waals surface area contributed by atoms with E-state index in [1.54, 1.807) is 7.11 Å². The molecular formula is C15H22N2O3. The van der Waals surface area contributed by atoms with E-state index in [-0.39, 0.29) is 18.1 Å². The molecule has 0 saturated carbocycles. The molecule has 0 aliphatic carbocycles. The Labute approximate surface area is 119 Å². The van der Waals surface area contributed by atoms with Crippen LogP contribution in [0.5, 0.6) is 5.75 Å². The first-order valence-electron chi connectivity index (χ1n) is 6.95. The van der Waals surface area contributed by atoms with E-state index in [0.29, 0.717) is 13.0 Å². The van der Waals surface area contributed by atoms with Gasteiger partial charge in [-0.25, -0.2) is 0 Å². The predicted molar refractivity (Wildman–Crippen MR) is 76.8 cm³/mol. The molecular weight excluding hydrogens is 256 g/mol. The summed E-state index contributed by atoms with van der Waals surface area (Å²) in [6.45, 7) is 4.21. The first kappa shape index (κ1) is 14.8. The van der Waals surface area contributed by atoms with Gasteiger partial charge in [0.25, 0.3) is 0 Å². The molecule has 0 bridgehead atoms. The minimum Gasteiger partial charge on any atom is -0.496 e. The Hall–Kier alpha value is -1.59. The predicted octanol–water partition coefficient (Wildman–Crippen LogP) is 1.25. The van der Waals surface area contributed by atoms with Crippen molar-refractivity contribution in [2.45, 2.75) is 25.5 Å². The fraction of sp³-hybridized carbons (Fsp3) is 0.533. The molecule has 20 heavy (non-hydrogen) atoms. The minimum absolute atomic E-state index is 0.00268. The van der Waals surface area contributed by atoms with E-state index in [1.165, 1.54) is 0 Å². The summed E-state index contributed by atoms with van der Waals surface area (Å²) < 4.78 is 10.8. The highest BCUT2D eigenvalue weighted by molar-refractivity contribution is 5.77. The molecule has 2 rings (SSSR count). The molecule has 1 aliphatic heterocycles. The van der Waals surface area contributed by atoms with E-state index in [9.17, 15) is 4.79 Å². The zero-order valence-corrected chi connectivity index (χ0v) is 12.0. The molecule has 5 heteroatoms. The van der Waals surface area contributed by atoms with Crippen molar-refractivity contribution in [1.29, 1.82) is 0 Å². The summed E-state index contributed by atoms with van der Waals surface area (Å²) >= 11 is 0. The first-order valence-corrected chi connectivity index (χ1v) is 6.95. The van der Waals surface area contributed by atoms with Crippen LogP contribution in [-0.4, -0.2) is 38.8 Å². The van der Waals surface area contributed by atoms with Gasteiger partial charge in [0.05, 0.1) is 32.3 Å². The largest absolute Gasteiger partial charge is 0.496 e. The fourth-order valence-corrected chi connectivity index (χ4v) is 2.36. The van der Waals surface area contributed by atoms with Crippen LogP contribution in [0.2, 0.25) is 0 Å². The number of hydrogen-bond donors (Lipinski definition) is 2. The topological polar surface area (TPSA) is 59.6 Å². The molecule has 1 aliphatic rings. The van der Waals surface area contributed by atoms with Crippen molar-refractivity contribution in [2.75, 3.05) is 26.8 Å². The van der Waals surface area contributed by atoms with Gasteiger partial charge in [-0.15, -0.1) is 0 Å². The Morgan fingerprint density at radius 3 is 3.05 bits per heavy atom. The summed E-state index contributed by atoms with van der Waals surface area (Å²) in [5.41, 5.74) is 0.978. The summed E-state index contributed by atoms with van der Waals surface area (Å²) in [5.74, 6) is 0.785. The monoisotopic (exact) mass is 278 g/mol. The molecule has 1 aromatic rings. The molecule has 2 N–H and O–H groups in total. The Morgan fingerprint density at radius 1 is 1.55 bits per heavy atom. The number of nitrogens with one attached hydrogen (secondary N) is 2. The lowest BCUT2D eigenvalue weighted by Crippen LogP contribution is -2.41. The number of ether oxygens (including phenoxy) is 2. The van der Waals surface area contributed by atoms with Gasteiger partial charge in [0, 0.05) is 18.7 Å². The zero-order valence-electron chi connectivity index (χ0n) is 12.0. The Kier molecular flexibility index (Phi) is 5.38. The molecule has 1 aromatic carbocycles. The highest BCUT2D eigenvalue weighted by atomic mass is 16.5. The Bertz CT molecular complexity index is 444. The number of morpholine rings is 1. The molecule has 1 fully saturated rings. The van der Waals surface area contributed by atoms with Gasteiger partial charge >= 0.3 is 0 Å². The molecule has 2 atom stereocenters. The molecule has 1 heterocycles. The number of benzene rings is 1. The smallest absolute Gasteiger partial charge is 0.223 e. The van der Waals surface area contributed by atoms with Crippen LogP contribution in [-0.2, 0) is 9.53 Å². The van der Waals surface area contributed by atoms with Crippen molar-refractivity contribution in [3.8, 4) is 5.75 Å². The fourth-order valence-electron chi connectivity index (χ4n) is 2.36. The second kappa shape index (κ2) is 7.26. The lowest BCUT2D eigenvalue weighted by Gasteiger charge is -2.24. The van der Waals surface area contributed by atoms with Crippen molar-refractivity contribution in [3.63, 3.8) is 0 Å². The maximum absolute atomic E-state index is 12.0. The third kappa shape index (κ3) is 3.95. The van der Waals surface area contributed by atoms with Gasteiger partial charge in [-0.1, -0.05) is 18.2 Å². The van der Waals surface area contributed by atoms with Gasteiger partial charge in [-0.3, -0.25) is 4.79 Å². The highest BCUT2D eigenvalue weighted by Crippen LogP contribution is 2.24. The van der Waals surface area contributed by atoms with Gasteiger partial charge in [0.15, 0.2) is 0 Å². The van der Waals surface area contributed by atoms with E-state index < -0.39 is 0 Å². The molecule has 0 spiro atoms. The van der Waals surface area contributed by atoms with Crippen molar-refractivity contribution in [2.24, 2.45) is 0 Å². The highest BCUT2D eigenvalue weighted by Gasteiger charge is 2.19. The van der Waals surface area contributed by atoms with E-state index in [2.05, 4.69) is 10.6 Å². The van der Waals surface area contributed by atoms with Crippen LogP contribution in [0.1, 0.15) is 24.9 Å². The molecule has 1 amide bonds. The molecule has 0 radical (unpaired) electrons. The summed E-state index contributed by atoms with van der Waals surface area (Å²) in [7, 11) is 1.63. The van der Waals surface area contributed by atoms with Gasteiger partial charge in [0.1, 0.15) is 5.75 Å². The summed E-state index contributed by atoms with van der Waals surface area (Å²) in [5, 5.41) is 6.21. The average molecular weight is 278 g/mol. The summed E-state index contributed by atoms with van der Waals surface area (Å²) in [4.78, 5) is 12.0. The maximum atomic E-state index is 12.0.